The third-order valence-electron chi connectivity index (χ3n) is 5.41. The molecule has 2 rings (SSSR count). The molecule has 0 aromatic carbocycles. The second kappa shape index (κ2) is 10.1. The molecule has 1 unspecified atom stereocenters. The zero-order valence-electron chi connectivity index (χ0n) is 15.3. The summed E-state index contributed by atoms with van der Waals surface area (Å²) in [6.45, 7) is 11.1. The Morgan fingerprint density at radius 3 is 2.52 bits per heavy atom. The van der Waals surface area contributed by atoms with Gasteiger partial charge < -0.3 is 20.3 Å². The standard InChI is InChI=1S/C18H36N4O/c1-4-15(5-2)12-20-18(19-3)21-17-6-9-22(10-7-17)13-16-8-11-23-14-16/h15-17H,4-14H2,1-3H3,(H2,19,20,21). The van der Waals surface area contributed by atoms with Gasteiger partial charge in [0, 0.05) is 45.9 Å². The van der Waals surface area contributed by atoms with Gasteiger partial charge >= 0.3 is 0 Å². The van der Waals surface area contributed by atoms with Gasteiger partial charge in [-0.05, 0) is 31.1 Å². The van der Waals surface area contributed by atoms with Crippen LogP contribution < -0.4 is 10.6 Å². The van der Waals surface area contributed by atoms with Gasteiger partial charge in [-0.3, -0.25) is 4.99 Å². The van der Waals surface area contributed by atoms with Gasteiger partial charge in [0.1, 0.15) is 0 Å². The third-order valence-corrected chi connectivity index (χ3v) is 5.41. The number of aliphatic imine (C=N–C) groups is 1. The van der Waals surface area contributed by atoms with Gasteiger partial charge in [0.15, 0.2) is 5.96 Å². The van der Waals surface area contributed by atoms with Crippen molar-refractivity contribution < 1.29 is 4.74 Å². The van der Waals surface area contributed by atoms with Gasteiger partial charge in [0.05, 0.1) is 6.61 Å². The zero-order chi connectivity index (χ0) is 16.5. The molecule has 2 N–H and O–H groups in total. The summed E-state index contributed by atoms with van der Waals surface area (Å²) in [6.07, 6.45) is 6.11. The summed E-state index contributed by atoms with van der Waals surface area (Å²) in [4.78, 5) is 7.00. The van der Waals surface area contributed by atoms with Crippen molar-refractivity contribution in [3.8, 4) is 0 Å². The van der Waals surface area contributed by atoms with Gasteiger partial charge in [-0.15, -0.1) is 0 Å². The molecule has 5 heteroatoms. The van der Waals surface area contributed by atoms with E-state index in [0.29, 0.717) is 6.04 Å². The van der Waals surface area contributed by atoms with Crippen LogP contribution in [0.3, 0.4) is 0 Å². The Hall–Kier alpha value is -0.810. The Kier molecular flexibility index (Phi) is 8.17. The van der Waals surface area contributed by atoms with Crippen LogP contribution in [-0.4, -0.2) is 63.3 Å². The molecule has 2 aliphatic heterocycles. The van der Waals surface area contributed by atoms with Crippen LogP contribution in [0.4, 0.5) is 0 Å². The van der Waals surface area contributed by atoms with E-state index in [1.807, 2.05) is 7.05 Å². The minimum absolute atomic E-state index is 0.555. The SMILES string of the molecule is CCC(CC)CNC(=NC)NC1CCN(CC2CCOC2)CC1. The highest BCUT2D eigenvalue weighted by atomic mass is 16.5. The monoisotopic (exact) mass is 324 g/mol. The second-order valence-corrected chi connectivity index (χ2v) is 7.08. The number of guanidine groups is 1. The molecule has 134 valence electrons. The summed E-state index contributed by atoms with van der Waals surface area (Å²) in [5.74, 6) is 2.47. The van der Waals surface area contributed by atoms with Crippen molar-refractivity contribution in [3.05, 3.63) is 0 Å². The average Bonchev–Trinajstić information content (AvgIpc) is 3.09. The first kappa shape index (κ1) is 18.5. The molecule has 0 aromatic heterocycles. The summed E-state index contributed by atoms with van der Waals surface area (Å²) < 4.78 is 5.49. The Labute approximate surface area is 142 Å². The minimum atomic E-state index is 0.555. The highest BCUT2D eigenvalue weighted by Crippen LogP contribution is 2.17. The maximum atomic E-state index is 5.49. The van der Waals surface area contributed by atoms with Crippen molar-refractivity contribution in [2.75, 3.05) is 46.4 Å². The Balaban J connectivity index is 1.65. The number of nitrogens with zero attached hydrogens (tertiary/aromatic N) is 2. The number of piperidine rings is 1. The molecule has 0 spiro atoms. The molecule has 2 heterocycles. The smallest absolute Gasteiger partial charge is 0.191 e. The quantitative estimate of drug-likeness (QED) is 0.556. The lowest BCUT2D eigenvalue weighted by molar-refractivity contribution is 0.150. The van der Waals surface area contributed by atoms with E-state index in [9.17, 15) is 0 Å². The van der Waals surface area contributed by atoms with Crippen LogP contribution in [-0.2, 0) is 4.74 Å². The summed E-state index contributed by atoms with van der Waals surface area (Å²) in [5.41, 5.74) is 0. The molecule has 0 amide bonds. The second-order valence-electron chi connectivity index (χ2n) is 7.08. The molecule has 2 fully saturated rings. The van der Waals surface area contributed by atoms with Crippen LogP contribution in [0, 0.1) is 11.8 Å². The van der Waals surface area contributed by atoms with Crippen molar-refractivity contribution in [2.24, 2.45) is 16.8 Å². The topological polar surface area (TPSA) is 48.9 Å². The Morgan fingerprint density at radius 1 is 1.22 bits per heavy atom. The minimum Gasteiger partial charge on any atom is -0.381 e. The fourth-order valence-electron chi connectivity index (χ4n) is 3.56. The molecule has 0 aliphatic carbocycles. The van der Waals surface area contributed by atoms with Crippen LogP contribution in [0.2, 0.25) is 0 Å². The fourth-order valence-corrected chi connectivity index (χ4v) is 3.56. The Morgan fingerprint density at radius 2 is 1.96 bits per heavy atom. The van der Waals surface area contributed by atoms with E-state index in [1.165, 1.54) is 51.7 Å². The lowest BCUT2D eigenvalue weighted by atomic mass is 10.0. The van der Waals surface area contributed by atoms with E-state index in [4.69, 9.17) is 4.74 Å². The molecule has 0 bridgehead atoms. The maximum absolute atomic E-state index is 5.49. The first-order valence-corrected chi connectivity index (χ1v) is 9.52. The number of rotatable bonds is 7. The van der Waals surface area contributed by atoms with Crippen LogP contribution in [0.1, 0.15) is 46.0 Å². The number of ether oxygens (including phenoxy) is 1. The number of hydrogen-bond donors (Lipinski definition) is 2. The van der Waals surface area contributed by atoms with Crippen molar-refractivity contribution in [2.45, 2.75) is 52.0 Å². The van der Waals surface area contributed by atoms with Crippen molar-refractivity contribution in [3.63, 3.8) is 0 Å². The largest absolute Gasteiger partial charge is 0.381 e. The predicted octanol–water partition coefficient (Wildman–Crippen LogP) is 2.09. The molecular weight excluding hydrogens is 288 g/mol. The molecule has 0 aromatic rings. The van der Waals surface area contributed by atoms with Crippen LogP contribution in [0.25, 0.3) is 0 Å². The lowest BCUT2D eigenvalue weighted by Crippen LogP contribution is -2.49. The van der Waals surface area contributed by atoms with E-state index in [-0.39, 0.29) is 0 Å². The van der Waals surface area contributed by atoms with E-state index < -0.39 is 0 Å². The first-order valence-electron chi connectivity index (χ1n) is 9.52. The summed E-state index contributed by atoms with van der Waals surface area (Å²) in [6, 6.07) is 0.555. The van der Waals surface area contributed by atoms with Gasteiger partial charge in [-0.2, -0.15) is 0 Å². The van der Waals surface area contributed by atoms with Crippen LogP contribution >= 0.6 is 0 Å². The molecule has 0 saturated carbocycles. The van der Waals surface area contributed by atoms with E-state index >= 15 is 0 Å². The van der Waals surface area contributed by atoms with E-state index in [2.05, 4.69) is 34.4 Å². The third kappa shape index (κ3) is 6.30. The number of likely N-dealkylation sites (tertiary alicyclic amines) is 1. The summed E-state index contributed by atoms with van der Waals surface area (Å²) >= 11 is 0. The number of nitrogens with one attached hydrogen (secondary N) is 2. The first-order chi connectivity index (χ1) is 11.2. The van der Waals surface area contributed by atoms with Crippen LogP contribution in [0.15, 0.2) is 4.99 Å². The maximum Gasteiger partial charge on any atom is 0.191 e. The summed E-state index contributed by atoms with van der Waals surface area (Å²) in [5, 5.41) is 7.11. The van der Waals surface area contributed by atoms with Gasteiger partial charge in [-0.25, -0.2) is 0 Å². The average molecular weight is 325 g/mol. The van der Waals surface area contributed by atoms with Gasteiger partial charge in [0.2, 0.25) is 0 Å². The van der Waals surface area contributed by atoms with Gasteiger partial charge in [0.25, 0.3) is 0 Å². The summed E-state index contributed by atoms with van der Waals surface area (Å²) in [7, 11) is 1.87. The van der Waals surface area contributed by atoms with Crippen molar-refractivity contribution in [1.29, 1.82) is 0 Å². The predicted molar refractivity (Wildman–Crippen MR) is 97.0 cm³/mol. The van der Waals surface area contributed by atoms with Crippen molar-refractivity contribution >= 4 is 5.96 Å². The molecule has 5 nitrogen and oxygen atoms in total. The zero-order valence-corrected chi connectivity index (χ0v) is 15.3. The van der Waals surface area contributed by atoms with E-state index in [1.54, 1.807) is 0 Å². The lowest BCUT2D eigenvalue weighted by Gasteiger charge is -2.34. The molecule has 2 aliphatic rings. The van der Waals surface area contributed by atoms with Gasteiger partial charge in [-0.1, -0.05) is 26.7 Å². The Bertz CT molecular complexity index is 343. The fraction of sp³-hybridized carbons (Fsp3) is 0.944. The molecule has 0 radical (unpaired) electrons. The highest BCUT2D eigenvalue weighted by molar-refractivity contribution is 5.79. The van der Waals surface area contributed by atoms with Crippen LogP contribution in [0.5, 0.6) is 0 Å². The molecular formula is C18H36N4O. The normalized spacial score (nSPS) is 24.3. The molecule has 23 heavy (non-hydrogen) atoms. The highest BCUT2D eigenvalue weighted by Gasteiger charge is 2.24. The number of hydrogen-bond acceptors (Lipinski definition) is 3. The van der Waals surface area contributed by atoms with E-state index in [0.717, 1.165) is 37.6 Å². The molecule has 2 saturated heterocycles. The molecule has 1 atom stereocenters. The van der Waals surface area contributed by atoms with Crippen molar-refractivity contribution in [1.82, 2.24) is 15.5 Å².